The summed E-state index contributed by atoms with van der Waals surface area (Å²) < 4.78 is 0. The molecule has 1 aromatic rings. The van der Waals surface area contributed by atoms with Gasteiger partial charge in [-0.15, -0.1) is 0 Å². The third-order valence-corrected chi connectivity index (χ3v) is 2.26. The third kappa shape index (κ3) is 3.42. The number of hydrogen-bond donors (Lipinski definition) is 2. The van der Waals surface area contributed by atoms with Crippen LogP contribution in [-0.4, -0.2) is 13.1 Å². The van der Waals surface area contributed by atoms with Gasteiger partial charge >= 0.3 is 6.03 Å². The van der Waals surface area contributed by atoms with E-state index >= 15 is 0 Å². The number of halogens is 1. The van der Waals surface area contributed by atoms with Crippen LogP contribution in [0.1, 0.15) is 18.5 Å². The number of nitrogens with one attached hydrogen (secondary N) is 2. The smallest absolute Gasteiger partial charge is 0.330 e. The molecule has 0 aromatic heterocycles. The summed E-state index contributed by atoms with van der Waals surface area (Å²) in [5.74, 6) is 0. The van der Waals surface area contributed by atoms with Crippen molar-refractivity contribution in [2.75, 3.05) is 7.11 Å². The summed E-state index contributed by atoms with van der Waals surface area (Å²) in [7, 11) is 1.37. The Bertz CT molecular complexity index is 344. The fourth-order valence-electron chi connectivity index (χ4n) is 1.22. The molecule has 0 radical (unpaired) electrons. The van der Waals surface area contributed by atoms with Crippen molar-refractivity contribution in [3.05, 3.63) is 34.9 Å². The van der Waals surface area contributed by atoms with E-state index in [1.165, 1.54) is 7.11 Å². The van der Waals surface area contributed by atoms with E-state index in [1.807, 2.05) is 25.1 Å². The van der Waals surface area contributed by atoms with Crippen molar-refractivity contribution in [3.8, 4) is 0 Å². The maximum atomic E-state index is 11.1. The molecule has 5 heteroatoms. The van der Waals surface area contributed by atoms with E-state index in [0.29, 0.717) is 5.02 Å². The predicted octanol–water partition coefficient (Wildman–Crippen LogP) is 2.26. The van der Waals surface area contributed by atoms with E-state index < -0.39 is 6.03 Å². The quantitative estimate of drug-likeness (QED) is 0.780. The number of rotatable bonds is 3. The van der Waals surface area contributed by atoms with Gasteiger partial charge in [-0.3, -0.25) is 4.84 Å². The van der Waals surface area contributed by atoms with E-state index in [9.17, 15) is 4.79 Å². The Morgan fingerprint density at radius 2 is 2.13 bits per heavy atom. The Morgan fingerprint density at radius 3 is 2.73 bits per heavy atom. The minimum absolute atomic E-state index is 0.172. The van der Waals surface area contributed by atoms with Crippen molar-refractivity contribution in [3.63, 3.8) is 0 Å². The molecule has 0 saturated carbocycles. The molecule has 1 rings (SSSR count). The molecule has 0 fully saturated rings. The van der Waals surface area contributed by atoms with Crippen molar-refractivity contribution in [2.45, 2.75) is 13.0 Å². The van der Waals surface area contributed by atoms with Gasteiger partial charge in [0, 0.05) is 5.02 Å². The van der Waals surface area contributed by atoms with E-state index in [0.717, 1.165) is 5.56 Å². The molecule has 1 aromatic carbocycles. The third-order valence-electron chi connectivity index (χ3n) is 1.91. The van der Waals surface area contributed by atoms with Crippen LogP contribution in [0.15, 0.2) is 24.3 Å². The summed E-state index contributed by atoms with van der Waals surface area (Å²) in [5, 5.41) is 3.31. The molecular formula is C10H13ClN2O2. The van der Waals surface area contributed by atoms with Gasteiger partial charge in [0.1, 0.15) is 0 Å². The maximum absolute atomic E-state index is 11.1. The highest BCUT2D eigenvalue weighted by molar-refractivity contribution is 6.31. The maximum Gasteiger partial charge on any atom is 0.339 e. The fourth-order valence-corrected chi connectivity index (χ4v) is 1.52. The zero-order chi connectivity index (χ0) is 11.3. The molecule has 82 valence electrons. The number of amides is 2. The normalized spacial score (nSPS) is 11.9. The first-order valence-corrected chi connectivity index (χ1v) is 4.87. The Balaban J connectivity index is 2.65. The fraction of sp³-hybridized carbons (Fsp3) is 0.300. The lowest BCUT2D eigenvalue weighted by atomic mass is 10.1. The molecule has 0 bridgehead atoms. The summed E-state index contributed by atoms with van der Waals surface area (Å²) in [4.78, 5) is 15.6. The molecule has 1 atom stereocenters. The zero-order valence-electron chi connectivity index (χ0n) is 8.58. The monoisotopic (exact) mass is 228 g/mol. The van der Waals surface area contributed by atoms with E-state index in [1.54, 1.807) is 6.07 Å². The molecule has 0 aliphatic rings. The molecule has 0 saturated heterocycles. The lowest BCUT2D eigenvalue weighted by molar-refractivity contribution is 0.106. The highest BCUT2D eigenvalue weighted by Crippen LogP contribution is 2.21. The van der Waals surface area contributed by atoms with E-state index in [-0.39, 0.29) is 6.04 Å². The van der Waals surface area contributed by atoms with Crippen LogP contribution in [-0.2, 0) is 4.84 Å². The highest BCUT2D eigenvalue weighted by Gasteiger charge is 2.11. The van der Waals surface area contributed by atoms with E-state index in [4.69, 9.17) is 11.6 Å². The number of benzene rings is 1. The second kappa shape index (κ2) is 5.58. The van der Waals surface area contributed by atoms with Crippen molar-refractivity contribution in [2.24, 2.45) is 0 Å². The van der Waals surface area contributed by atoms with Gasteiger partial charge < -0.3 is 5.32 Å². The lowest BCUT2D eigenvalue weighted by Gasteiger charge is -2.15. The Kier molecular flexibility index (Phi) is 4.39. The average molecular weight is 229 g/mol. The Hall–Kier alpha value is -1.26. The summed E-state index contributed by atoms with van der Waals surface area (Å²) in [6.07, 6.45) is 0. The van der Waals surface area contributed by atoms with Crippen LogP contribution >= 0.6 is 11.6 Å². The first kappa shape index (κ1) is 11.8. The molecule has 15 heavy (non-hydrogen) atoms. The predicted molar refractivity (Wildman–Crippen MR) is 58.5 cm³/mol. The van der Waals surface area contributed by atoms with Gasteiger partial charge in [0.05, 0.1) is 13.2 Å². The Labute approximate surface area is 93.5 Å². The topological polar surface area (TPSA) is 50.4 Å². The standard InChI is InChI=1S/C10H13ClN2O2/c1-7(12-10(14)13-15-2)8-5-3-4-6-9(8)11/h3-7H,1-2H3,(H2,12,13,14). The number of urea groups is 1. The first-order valence-electron chi connectivity index (χ1n) is 4.49. The van der Waals surface area contributed by atoms with Crippen LogP contribution in [0.2, 0.25) is 5.02 Å². The van der Waals surface area contributed by atoms with Gasteiger partial charge in [0.25, 0.3) is 0 Å². The Morgan fingerprint density at radius 1 is 1.47 bits per heavy atom. The van der Waals surface area contributed by atoms with Gasteiger partial charge in [-0.05, 0) is 18.6 Å². The van der Waals surface area contributed by atoms with Crippen LogP contribution < -0.4 is 10.8 Å². The summed E-state index contributed by atoms with van der Waals surface area (Å²) in [6.45, 7) is 1.84. The number of carbonyl (C=O) groups excluding carboxylic acids is 1. The largest absolute Gasteiger partial charge is 0.339 e. The second-order valence-corrected chi connectivity index (χ2v) is 3.43. The van der Waals surface area contributed by atoms with Crippen LogP contribution in [0.25, 0.3) is 0 Å². The van der Waals surface area contributed by atoms with Gasteiger partial charge in [-0.25, -0.2) is 10.3 Å². The van der Waals surface area contributed by atoms with Crippen molar-refractivity contribution >= 4 is 17.6 Å². The molecule has 2 amide bonds. The molecule has 0 aliphatic carbocycles. The van der Waals surface area contributed by atoms with Crippen LogP contribution in [0.3, 0.4) is 0 Å². The van der Waals surface area contributed by atoms with Crippen LogP contribution in [0.4, 0.5) is 4.79 Å². The molecule has 0 aliphatic heterocycles. The first-order chi connectivity index (χ1) is 7.15. The van der Waals surface area contributed by atoms with Gasteiger partial charge in [0.15, 0.2) is 0 Å². The molecule has 0 heterocycles. The van der Waals surface area contributed by atoms with Crippen molar-refractivity contribution < 1.29 is 9.63 Å². The average Bonchev–Trinajstić information content (AvgIpc) is 2.18. The van der Waals surface area contributed by atoms with Gasteiger partial charge in [0.2, 0.25) is 0 Å². The molecular weight excluding hydrogens is 216 g/mol. The summed E-state index contributed by atoms with van der Waals surface area (Å²) in [6, 6.07) is 6.78. The van der Waals surface area contributed by atoms with Gasteiger partial charge in [-0.1, -0.05) is 29.8 Å². The zero-order valence-corrected chi connectivity index (χ0v) is 9.34. The van der Waals surface area contributed by atoms with E-state index in [2.05, 4.69) is 15.6 Å². The summed E-state index contributed by atoms with van der Waals surface area (Å²) >= 11 is 5.98. The second-order valence-electron chi connectivity index (χ2n) is 3.02. The summed E-state index contributed by atoms with van der Waals surface area (Å²) in [5.41, 5.74) is 3.04. The van der Waals surface area contributed by atoms with Crippen molar-refractivity contribution in [1.29, 1.82) is 0 Å². The van der Waals surface area contributed by atoms with Gasteiger partial charge in [-0.2, -0.15) is 0 Å². The molecule has 1 unspecified atom stereocenters. The highest BCUT2D eigenvalue weighted by atomic mass is 35.5. The number of hydroxylamine groups is 1. The number of hydrogen-bond acceptors (Lipinski definition) is 2. The molecule has 4 nitrogen and oxygen atoms in total. The SMILES string of the molecule is CONC(=O)NC(C)c1ccccc1Cl. The molecule has 0 spiro atoms. The minimum Gasteiger partial charge on any atom is -0.330 e. The number of carbonyl (C=O) groups is 1. The lowest BCUT2D eigenvalue weighted by Crippen LogP contribution is -2.36. The van der Waals surface area contributed by atoms with Crippen LogP contribution in [0, 0.1) is 0 Å². The van der Waals surface area contributed by atoms with Crippen LogP contribution in [0.5, 0.6) is 0 Å². The molecule has 2 N–H and O–H groups in total. The van der Waals surface area contributed by atoms with Crippen molar-refractivity contribution in [1.82, 2.24) is 10.8 Å². The minimum atomic E-state index is -0.398.